The lowest BCUT2D eigenvalue weighted by Gasteiger charge is -2.00. The van der Waals surface area contributed by atoms with Gasteiger partial charge in [0.2, 0.25) is 5.28 Å². The molecule has 90 valence electrons. The number of ether oxygens (including phenoxy) is 1. The van der Waals surface area contributed by atoms with Crippen molar-refractivity contribution in [1.29, 1.82) is 0 Å². The average Bonchev–Trinajstić information content (AvgIpc) is 2.75. The Bertz CT molecular complexity index is 515. The van der Waals surface area contributed by atoms with E-state index in [0.717, 1.165) is 5.56 Å². The molecule has 0 spiro atoms. The normalized spacial score (nSPS) is 10.8. The molecule has 17 heavy (non-hydrogen) atoms. The molecule has 2 aromatic heterocycles. The zero-order valence-electron chi connectivity index (χ0n) is 9.10. The largest absolute Gasteiger partial charge is 0.383 e. The van der Waals surface area contributed by atoms with E-state index in [2.05, 4.69) is 15.1 Å². The zero-order valence-corrected chi connectivity index (χ0v) is 10.6. The van der Waals surface area contributed by atoms with Crippen LogP contribution in [-0.4, -0.2) is 33.5 Å². The van der Waals surface area contributed by atoms with Gasteiger partial charge in [-0.15, -0.1) is 0 Å². The molecule has 0 aliphatic carbocycles. The number of hydrogen-bond donors (Lipinski definition) is 0. The molecule has 0 saturated carbocycles. The summed E-state index contributed by atoms with van der Waals surface area (Å²) in [6.07, 6.45) is 5.14. The third kappa shape index (κ3) is 2.94. The number of methoxy groups -OCH3 is 1. The van der Waals surface area contributed by atoms with Crippen LogP contribution in [0.5, 0.6) is 0 Å². The molecule has 0 aliphatic rings. The first kappa shape index (κ1) is 12.3. The molecule has 0 bridgehead atoms. The Kier molecular flexibility index (Phi) is 3.93. The van der Waals surface area contributed by atoms with Crippen molar-refractivity contribution in [2.24, 2.45) is 0 Å². The molecule has 2 rings (SSSR count). The van der Waals surface area contributed by atoms with E-state index < -0.39 is 0 Å². The lowest BCUT2D eigenvalue weighted by molar-refractivity contribution is 0.183. The summed E-state index contributed by atoms with van der Waals surface area (Å²) in [5.74, 6) is 0. The van der Waals surface area contributed by atoms with Gasteiger partial charge in [0, 0.05) is 30.6 Å². The Morgan fingerprint density at radius 1 is 1.35 bits per heavy atom. The van der Waals surface area contributed by atoms with Gasteiger partial charge in [-0.3, -0.25) is 4.68 Å². The van der Waals surface area contributed by atoms with Crippen LogP contribution in [0.1, 0.15) is 0 Å². The van der Waals surface area contributed by atoms with Gasteiger partial charge in [0.15, 0.2) is 0 Å². The van der Waals surface area contributed by atoms with Gasteiger partial charge in [0.05, 0.1) is 19.3 Å². The van der Waals surface area contributed by atoms with Gasteiger partial charge in [-0.1, -0.05) is 11.6 Å². The maximum Gasteiger partial charge on any atom is 0.223 e. The standard InChI is InChI=1S/C10H10Cl2N4O/c1-17-3-2-16-6-7(4-14-16)8-5-13-10(12)15-9(8)11/h4-6H,2-3H2,1H3. The molecular formula is C10H10Cl2N4O. The fourth-order valence-corrected chi connectivity index (χ4v) is 1.76. The van der Waals surface area contributed by atoms with Crippen LogP contribution in [0.25, 0.3) is 11.1 Å². The van der Waals surface area contributed by atoms with Crippen LogP contribution in [0, 0.1) is 0 Å². The zero-order chi connectivity index (χ0) is 12.3. The molecule has 2 heterocycles. The van der Waals surface area contributed by atoms with Crippen molar-refractivity contribution in [3.05, 3.63) is 29.0 Å². The van der Waals surface area contributed by atoms with Gasteiger partial charge < -0.3 is 4.74 Å². The van der Waals surface area contributed by atoms with Gasteiger partial charge in [-0.2, -0.15) is 5.10 Å². The summed E-state index contributed by atoms with van der Waals surface area (Å²) in [6.45, 7) is 1.29. The Labute approximate surface area is 108 Å². The van der Waals surface area contributed by atoms with Gasteiger partial charge in [0.25, 0.3) is 0 Å². The maximum absolute atomic E-state index is 5.98. The van der Waals surface area contributed by atoms with Crippen LogP contribution in [0.3, 0.4) is 0 Å². The van der Waals surface area contributed by atoms with Crippen molar-refractivity contribution >= 4 is 23.2 Å². The average molecular weight is 273 g/mol. The molecule has 0 amide bonds. The van der Waals surface area contributed by atoms with E-state index in [1.54, 1.807) is 24.2 Å². The molecule has 2 aromatic rings. The van der Waals surface area contributed by atoms with Crippen molar-refractivity contribution in [2.45, 2.75) is 6.54 Å². The summed E-state index contributed by atoms with van der Waals surface area (Å²) in [5, 5.41) is 4.63. The smallest absolute Gasteiger partial charge is 0.223 e. The van der Waals surface area contributed by atoms with Crippen molar-refractivity contribution in [3.63, 3.8) is 0 Å². The second kappa shape index (κ2) is 5.44. The summed E-state index contributed by atoms with van der Waals surface area (Å²) in [7, 11) is 1.65. The Morgan fingerprint density at radius 2 is 2.18 bits per heavy atom. The minimum Gasteiger partial charge on any atom is -0.383 e. The first-order valence-corrected chi connectivity index (χ1v) is 5.66. The molecule has 0 fully saturated rings. The second-order valence-corrected chi connectivity index (χ2v) is 4.02. The number of rotatable bonds is 4. The number of halogens is 2. The van der Waals surface area contributed by atoms with Crippen LogP contribution in [0.2, 0.25) is 10.4 Å². The first-order valence-electron chi connectivity index (χ1n) is 4.90. The minimum atomic E-state index is 0.130. The van der Waals surface area contributed by atoms with E-state index in [1.165, 1.54) is 0 Å². The monoisotopic (exact) mass is 272 g/mol. The van der Waals surface area contributed by atoms with E-state index in [9.17, 15) is 0 Å². The van der Waals surface area contributed by atoms with E-state index in [4.69, 9.17) is 27.9 Å². The lowest BCUT2D eigenvalue weighted by Crippen LogP contribution is -2.03. The third-order valence-corrected chi connectivity index (χ3v) is 2.65. The lowest BCUT2D eigenvalue weighted by atomic mass is 10.2. The summed E-state index contributed by atoms with van der Waals surface area (Å²) in [5.41, 5.74) is 1.56. The van der Waals surface area contributed by atoms with Crippen LogP contribution in [0.4, 0.5) is 0 Å². The van der Waals surface area contributed by atoms with E-state index in [-0.39, 0.29) is 5.28 Å². The molecular weight excluding hydrogens is 263 g/mol. The predicted molar refractivity (Wildman–Crippen MR) is 65.1 cm³/mol. The van der Waals surface area contributed by atoms with Gasteiger partial charge >= 0.3 is 0 Å². The molecule has 0 radical (unpaired) electrons. The summed E-state index contributed by atoms with van der Waals surface area (Å²) >= 11 is 11.6. The summed E-state index contributed by atoms with van der Waals surface area (Å²) in [6, 6.07) is 0. The number of aromatic nitrogens is 4. The van der Waals surface area contributed by atoms with Crippen molar-refractivity contribution < 1.29 is 4.74 Å². The maximum atomic E-state index is 5.98. The van der Waals surface area contributed by atoms with E-state index >= 15 is 0 Å². The van der Waals surface area contributed by atoms with Crippen LogP contribution >= 0.6 is 23.2 Å². The Hall–Kier alpha value is -1.17. The first-order chi connectivity index (χ1) is 8.20. The topological polar surface area (TPSA) is 52.8 Å². The molecule has 0 atom stereocenters. The van der Waals surface area contributed by atoms with Crippen molar-refractivity contribution in [1.82, 2.24) is 19.7 Å². The van der Waals surface area contributed by atoms with Crippen LogP contribution in [0.15, 0.2) is 18.6 Å². The fraction of sp³-hybridized carbons (Fsp3) is 0.300. The highest BCUT2D eigenvalue weighted by molar-refractivity contribution is 6.33. The van der Waals surface area contributed by atoms with Gasteiger partial charge in [-0.25, -0.2) is 9.97 Å². The fourth-order valence-electron chi connectivity index (χ4n) is 1.34. The summed E-state index contributed by atoms with van der Waals surface area (Å²) in [4.78, 5) is 7.78. The highest BCUT2D eigenvalue weighted by atomic mass is 35.5. The number of hydrogen-bond acceptors (Lipinski definition) is 4. The summed E-state index contributed by atoms with van der Waals surface area (Å²) < 4.78 is 6.74. The Morgan fingerprint density at radius 3 is 2.88 bits per heavy atom. The third-order valence-electron chi connectivity index (χ3n) is 2.18. The van der Waals surface area contributed by atoms with Crippen molar-refractivity contribution in [2.75, 3.05) is 13.7 Å². The van der Waals surface area contributed by atoms with Crippen LogP contribution < -0.4 is 0 Å². The van der Waals surface area contributed by atoms with E-state index in [1.807, 2.05) is 6.20 Å². The molecule has 7 heteroatoms. The Balaban J connectivity index is 2.24. The van der Waals surface area contributed by atoms with Gasteiger partial charge in [0.1, 0.15) is 5.15 Å². The molecule has 0 aromatic carbocycles. The molecule has 0 N–H and O–H groups in total. The molecule has 0 unspecified atom stereocenters. The molecule has 5 nitrogen and oxygen atoms in total. The van der Waals surface area contributed by atoms with Crippen molar-refractivity contribution in [3.8, 4) is 11.1 Å². The molecule has 0 aliphatic heterocycles. The second-order valence-electron chi connectivity index (χ2n) is 3.33. The molecule has 0 saturated heterocycles. The predicted octanol–water partition coefficient (Wildman–Crippen LogP) is 2.29. The highest BCUT2D eigenvalue weighted by Gasteiger charge is 2.08. The quantitative estimate of drug-likeness (QED) is 0.633. The highest BCUT2D eigenvalue weighted by Crippen LogP contribution is 2.25. The van der Waals surface area contributed by atoms with E-state index in [0.29, 0.717) is 23.9 Å². The van der Waals surface area contributed by atoms with Gasteiger partial charge in [-0.05, 0) is 11.6 Å². The number of nitrogens with zero attached hydrogens (tertiary/aromatic N) is 4. The van der Waals surface area contributed by atoms with Crippen LogP contribution in [-0.2, 0) is 11.3 Å². The SMILES string of the molecule is COCCn1cc(-c2cnc(Cl)nc2Cl)cn1. The minimum absolute atomic E-state index is 0.130.